The zero-order valence-electron chi connectivity index (χ0n) is 13.8. The number of benzene rings is 2. The van der Waals surface area contributed by atoms with Gasteiger partial charge in [-0.15, -0.1) is 0 Å². The minimum absolute atomic E-state index is 0.0442. The molecule has 0 heterocycles. The first-order valence-electron chi connectivity index (χ1n) is 7.46. The molecule has 0 fully saturated rings. The van der Waals surface area contributed by atoms with Gasteiger partial charge in [-0.05, 0) is 43.2 Å². The Balaban J connectivity index is 1.80. The predicted octanol–water partition coefficient (Wildman–Crippen LogP) is 3.66. The van der Waals surface area contributed by atoms with Crippen molar-refractivity contribution < 1.29 is 23.5 Å². The van der Waals surface area contributed by atoms with E-state index in [2.05, 4.69) is 5.32 Å². The van der Waals surface area contributed by atoms with Crippen molar-refractivity contribution in [3.05, 3.63) is 58.4 Å². The molecule has 2 rings (SSSR count). The maximum atomic E-state index is 13.6. The van der Waals surface area contributed by atoms with E-state index in [0.717, 1.165) is 17.2 Å². The van der Waals surface area contributed by atoms with Gasteiger partial charge < -0.3 is 14.8 Å². The molecule has 5 nitrogen and oxygen atoms in total. The van der Waals surface area contributed by atoms with Crippen LogP contribution in [0.25, 0.3) is 0 Å². The second-order valence-electron chi connectivity index (χ2n) is 5.34. The van der Waals surface area contributed by atoms with Crippen LogP contribution in [-0.4, -0.2) is 25.1 Å². The van der Waals surface area contributed by atoms with E-state index in [1.165, 1.54) is 12.1 Å². The zero-order chi connectivity index (χ0) is 18.4. The summed E-state index contributed by atoms with van der Waals surface area (Å²) in [4.78, 5) is 23.4. The fourth-order valence-corrected chi connectivity index (χ4v) is 2.28. The molecule has 0 saturated heterocycles. The Morgan fingerprint density at radius 1 is 1.12 bits per heavy atom. The zero-order valence-corrected chi connectivity index (χ0v) is 14.5. The van der Waals surface area contributed by atoms with Crippen molar-refractivity contribution in [2.75, 3.05) is 18.5 Å². The van der Waals surface area contributed by atoms with Gasteiger partial charge in [0.15, 0.2) is 13.2 Å². The van der Waals surface area contributed by atoms with E-state index in [1.54, 1.807) is 0 Å². The van der Waals surface area contributed by atoms with E-state index in [-0.39, 0.29) is 17.3 Å². The molecule has 25 heavy (non-hydrogen) atoms. The Morgan fingerprint density at radius 3 is 2.44 bits per heavy atom. The number of halogens is 2. The Kier molecular flexibility index (Phi) is 6.36. The largest absolute Gasteiger partial charge is 0.481 e. The first-order chi connectivity index (χ1) is 11.9. The lowest BCUT2D eigenvalue weighted by atomic mass is 10.1. The maximum absolute atomic E-state index is 13.6. The molecule has 0 atom stereocenters. The minimum atomic E-state index is -0.700. The van der Waals surface area contributed by atoms with Crippen molar-refractivity contribution in [1.82, 2.24) is 0 Å². The molecule has 1 amide bonds. The number of rotatable bonds is 6. The van der Waals surface area contributed by atoms with Gasteiger partial charge in [-0.1, -0.05) is 29.8 Å². The van der Waals surface area contributed by atoms with Crippen molar-refractivity contribution >= 4 is 29.2 Å². The summed E-state index contributed by atoms with van der Waals surface area (Å²) in [5.74, 6) is -1.44. The minimum Gasteiger partial charge on any atom is -0.481 e. The third-order valence-electron chi connectivity index (χ3n) is 3.31. The number of aryl methyl sites for hydroxylation is 2. The van der Waals surface area contributed by atoms with E-state index < -0.39 is 24.3 Å². The van der Waals surface area contributed by atoms with Crippen molar-refractivity contribution in [2.45, 2.75) is 13.8 Å². The first kappa shape index (κ1) is 18.7. The van der Waals surface area contributed by atoms with Crippen LogP contribution in [0.2, 0.25) is 5.02 Å². The fraction of sp³-hybridized carbons (Fsp3) is 0.222. The average molecular weight is 366 g/mol. The molecule has 2 aromatic rings. The summed E-state index contributed by atoms with van der Waals surface area (Å²) in [5, 5.41) is 2.51. The van der Waals surface area contributed by atoms with Gasteiger partial charge in [-0.3, -0.25) is 4.79 Å². The van der Waals surface area contributed by atoms with Crippen molar-refractivity contribution in [1.29, 1.82) is 0 Å². The number of amides is 1. The Bertz CT molecular complexity index is 774. The van der Waals surface area contributed by atoms with Gasteiger partial charge in [-0.2, -0.15) is 0 Å². The monoisotopic (exact) mass is 365 g/mol. The average Bonchev–Trinajstić information content (AvgIpc) is 2.55. The summed E-state index contributed by atoms with van der Waals surface area (Å²) < 4.78 is 23.8. The van der Waals surface area contributed by atoms with E-state index in [9.17, 15) is 14.0 Å². The van der Waals surface area contributed by atoms with E-state index in [1.807, 2.05) is 32.0 Å². The molecule has 0 aromatic heterocycles. The Morgan fingerprint density at radius 2 is 1.80 bits per heavy atom. The van der Waals surface area contributed by atoms with Gasteiger partial charge in [0.25, 0.3) is 5.91 Å². The number of anilines is 1. The summed E-state index contributed by atoms with van der Waals surface area (Å²) in [7, 11) is 0. The highest BCUT2D eigenvalue weighted by Crippen LogP contribution is 2.22. The molecule has 0 aliphatic heterocycles. The van der Waals surface area contributed by atoms with Crippen LogP contribution in [0, 0.1) is 19.7 Å². The topological polar surface area (TPSA) is 64.6 Å². The molecular weight excluding hydrogens is 349 g/mol. The summed E-state index contributed by atoms with van der Waals surface area (Å²) in [6.45, 7) is 2.86. The second kappa shape index (κ2) is 8.48. The number of nitrogens with one attached hydrogen (secondary N) is 1. The molecule has 0 bridgehead atoms. The molecule has 132 valence electrons. The molecule has 0 aliphatic rings. The number of para-hydroxylation sites is 1. The van der Waals surface area contributed by atoms with Crippen LogP contribution in [0.15, 0.2) is 36.4 Å². The third kappa shape index (κ3) is 5.46. The number of ether oxygens (including phenoxy) is 2. The molecule has 7 heteroatoms. The SMILES string of the molecule is Cc1cccc(C)c1OCC(=O)OCC(=O)Nc1ccc(Cl)cc1F. The van der Waals surface area contributed by atoms with Crippen molar-refractivity contribution in [3.8, 4) is 5.75 Å². The van der Waals surface area contributed by atoms with Gasteiger partial charge >= 0.3 is 5.97 Å². The summed E-state index contributed by atoms with van der Waals surface area (Å²) in [6.07, 6.45) is 0. The fourth-order valence-electron chi connectivity index (χ4n) is 2.12. The second-order valence-corrected chi connectivity index (χ2v) is 5.78. The first-order valence-corrected chi connectivity index (χ1v) is 7.84. The van der Waals surface area contributed by atoms with Gasteiger partial charge in [0.2, 0.25) is 0 Å². The molecule has 2 aromatic carbocycles. The molecule has 0 unspecified atom stereocenters. The molecule has 1 N–H and O–H groups in total. The summed E-state index contributed by atoms with van der Waals surface area (Å²) in [6, 6.07) is 9.44. The summed E-state index contributed by atoms with van der Waals surface area (Å²) >= 11 is 5.63. The van der Waals surface area contributed by atoms with Gasteiger partial charge in [0.05, 0.1) is 5.69 Å². The third-order valence-corrected chi connectivity index (χ3v) is 3.55. The number of hydrogen-bond donors (Lipinski definition) is 1. The standard InChI is InChI=1S/C18H17ClFNO4/c1-11-4-3-5-12(2)18(11)25-10-17(23)24-9-16(22)21-15-7-6-13(19)8-14(15)20/h3-8H,9-10H2,1-2H3,(H,21,22). The van der Waals surface area contributed by atoms with Crippen LogP contribution in [0.1, 0.15) is 11.1 Å². The van der Waals surface area contributed by atoms with Crippen LogP contribution in [-0.2, 0) is 14.3 Å². The number of carbonyl (C=O) groups excluding carboxylic acids is 2. The highest BCUT2D eigenvalue weighted by Gasteiger charge is 2.12. The number of esters is 1. The van der Waals surface area contributed by atoms with E-state index in [0.29, 0.717) is 5.75 Å². The Hall–Kier alpha value is -2.60. The normalized spacial score (nSPS) is 10.2. The molecular formula is C18H17ClFNO4. The quantitative estimate of drug-likeness (QED) is 0.793. The van der Waals surface area contributed by atoms with Crippen molar-refractivity contribution in [3.63, 3.8) is 0 Å². The molecule has 0 radical (unpaired) electrons. The maximum Gasteiger partial charge on any atom is 0.344 e. The molecule has 0 spiro atoms. The van der Waals surface area contributed by atoms with Gasteiger partial charge in [0, 0.05) is 5.02 Å². The Labute approximate surface area is 149 Å². The smallest absolute Gasteiger partial charge is 0.344 e. The van der Waals surface area contributed by atoms with E-state index >= 15 is 0 Å². The highest BCUT2D eigenvalue weighted by molar-refractivity contribution is 6.30. The lowest BCUT2D eigenvalue weighted by Crippen LogP contribution is -2.24. The van der Waals surface area contributed by atoms with E-state index in [4.69, 9.17) is 21.1 Å². The van der Waals surface area contributed by atoms with Gasteiger partial charge in [-0.25, -0.2) is 9.18 Å². The summed E-state index contributed by atoms with van der Waals surface area (Å²) in [5.41, 5.74) is 1.74. The molecule has 0 aliphatic carbocycles. The van der Waals surface area contributed by atoms with Crippen LogP contribution >= 0.6 is 11.6 Å². The lowest BCUT2D eigenvalue weighted by Gasteiger charge is -2.11. The van der Waals surface area contributed by atoms with Crippen molar-refractivity contribution in [2.24, 2.45) is 0 Å². The van der Waals surface area contributed by atoms with Crippen LogP contribution in [0.4, 0.5) is 10.1 Å². The van der Waals surface area contributed by atoms with Crippen LogP contribution < -0.4 is 10.1 Å². The lowest BCUT2D eigenvalue weighted by molar-refractivity contribution is -0.149. The number of carbonyl (C=O) groups is 2. The van der Waals surface area contributed by atoms with Gasteiger partial charge in [0.1, 0.15) is 11.6 Å². The number of hydrogen-bond acceptors (Lipinski definition) is 4. The molecule has 0 saturated carbocycles. The predicted molar refractivity (Wildman–Crippen MR) is 92.4 cm³/mol. The highest BCUT2D eigenvalue weighted by atomic mass is 35.5. The van der Waals surface area contributed by atoms with Crippen LogP contribution in [0.3, 0.4) is 0 Å². The van der Waals surface area contributed by atoms with Crippen LogP contribution in [0.5, 0.6) is 5.75 Å².